The number of nitrogens with zero attached hydrogens (tertiary/aromatic N) is 2. The summed E-state index contributed by atoms with van der Waals surface area (Å²) in [6.45, 7) is 8.96. The fourth-order valence-corrected chi connectivity index (χ4v) is 5.41. The molecule has 2 fully saturated rings. The number of rotatable bonds is 10. The van der Waals surface area contributed by atoms with Gasteiger partial charge in [0, 0.05) is 38.0 Å². The Hall–Kier alpha value is -2.51. The molecule has 0 aromatic heterocycles. The Morgan fingerprint density at radius 3 is 1.47 bits per heavy atom. The van der Waals surface area contributed by atoms with Crippen molar-refractivity contribution in [1.29, 1.82) is 0 Å². The van der Waals surface area contributed by atoms with Crippen LogP contribution in [0, 0.1) is 11.6 Å². The zero-order chi connectivity index (χ0) is 25.5. The molecule has 2 heterocycles. The Bertz CT molecular complexity index is 892. The lowest BCUT2D eigenvalue weighted by atomic mass is 9.96. The quantitative estimate of drug-likeness (QED) is 0.377. The van der Waals surface area contributed by atoms with Crippen LogP contribution in [-0.2, 0) is 9.47 Å². The van der Waals surface area contributed by atoms with Gasteiger partial charge in [-0.25, -0.2) is 13.6 Å². The largest absolute Gasteiger partial charge is 0.508 e. The van der Waals surface area contributed by atoms with Crippen molar-refractivity contribution < 1.29 is 23.0 Å². The van der Waals surface area contributed by atoms with E-state index in [2.05, 4.69) is 23.6 Å². The van der Waals surface area contributed by atoms with E-state index in [0.29, 0.717) is 13.1 Å². The summed E-state index contributed by atoms with van der Waals surface area (Å²) in [5.41, 5.74) is 1.92. The number of hydrogen-bond donors (Lipinski definition) is 0. The van der Waals surface area contributed by atoms with Crippen molar-refractivity contribution in [2.45, 2.75) is 63.6 Å². The molecule has 7 heteroatoms. The second kappa shape index (κ2) is 12.6. The number of hydrogen-bond acceptors (Lipinski definition) is 5. The van der Waals surface area contributed by atoms with Crippen LogP contribution in [0.15, 0.2) is 48.5 Å². The summed E-state index contributed by atoms with van der Waals surface area (Å²) in [5, 5.41) is 0. The zero-order valence-corrected chi connectivity index (χ0v) is 21.4. The van der Waals surface area contributed by atoms with Gasteiger partial charge in [-0.15, -0.1) is 0 Å². The third kappa shape index (κ3) is 6.83. The van der Waals surface area contributed by atoms with Crippen LogP contribution in [-0.4, -0.2) is 67.4 Å². The van der Waals surface area contributed by atoms with Gasteiger partial charge < -0.3 is 9.47 Å². The van der Waals surface area contributed by atoms with E-state index in [1.807, 2.05) is 0 Å². The minimum Gasteiger partial charge on any atom is -0.429 e. The van der Waals surface area contributed by atoms with Crippen LogP contribution >= 0.6 is 0 Å². The van der Waals surface area contributed by atoms with Crippen molar-refractivity contribution in [2.75, 3.05) is 39.3 Å². The average molecular weight is 501 g/mol. The van der Waals surface area contributed by atoms with Crippen LogP contribution in [0.3, 0.4) is 0 Å². The first kappa shape index (κ1) is 26.6. The molecule has 0 radical (unpaired) electrons. The van der Waals surface area contributed by atoms with E-state index >= 15 is 0 Å². The molecular weight excluding hydrogens is 462 g/mol. The molecule has 5 nitrogen and oxygen atoms in total. The van der Waals surface area contributed by atoms with E-state index in [9.17, 15) is 13.6 Å². The molecule has 4 rings (SSSR count). The van der Waals surface area contributed by atoms with Crippen molar-refractivity contribution in [3.8, 4) is 0 Å². The lowest BCUT2D eigenvalue weighted by Crippen LogP contribution is -2.31. The SMILES string of the molecule is CCCCN1CC(OC(=O)OC2CN(CCCC)CC2c2ccc(F)cc2)C(c2ccc(F)cc2)C1. The summed E-state index contributed by atoms with van der Waals surface area (Å²) < 4.78 is 38.9. The standard InChI is InChI=1S/C29H38F2N2O3/c1-3-5-15-32-17-25(21-7-11-23(30)12-8-21)27(19-32)35-29(34)36-28-20-33(16-6-4-2)18-26(28)22-9-13-24(31)14-10-22/h7-14,25-28H,3-6,15-20H2,1-2H3. The van der Waals surface area contributed by atoms with Gasteiger partial charge in [-0.1, -0.05) is 51.0 Å². The molecule has 2 aliphatic rings. The van der Waals surface area contributed by atoms with Gasteiger partial charge in [0.25, 0.3) is 0 Å². The van der Waals surface area contributed by atoms with Crippen LogP contribution in [0.1, 0.15) is 62.5 Å². The van der Waals surface area contributed by atoms with Crippen molar-refractivity contribution in [3.05, 3.63) is 71.3 Å². The molecular formula is C29H38F2N2O3. The molecule has 0 bridgehead atoms. The van der Waals surface area contributed by atoms with E-state index in [1.54, 1.807) is 24.3 Å². The maximum atomic E-state index is 13.5. The van der Waals surface area contributed by atoms with Crippen LogP contribution in [0.25, 0.3) is 0 Å². The highest BCUT2D eigenvalue weighted by atomic mass is 19.1. The zero-order valence-electron chi connectivity index (χ0n) is 21.4. The summed E-state index contributed by atoms with van der Waals surface area (Å²) in [7, 11) is 0. The van der Waals surface area contributed by atoms with Crippen LogP contribution in [0.2, 0.25) is 0 Å². The van der Waals surface area contributed by atoms with Gasteiger partial charge in [-0.05, 0) is 61.3 Å². The van der Waals surface area contributed by atoms with E-state index < -0.39 is 6.16 Å². The summed E-state index contributed by atoms with van der Waals surface area (Å²) >= 11 is 0. The predicted octanol–water partition coefficient (Wildman–Crippen LogP) is 5.95. The number of unbranched alkanes of at least 4 members (excludes halogenated alkanes) is 2. The molecule has 2 saturated heterocycles. The smallest absolute Gasteiger partial charge is 0.429 e. The second-order valence-electron chi connectivity index (χ2n) is 10.1. The maximum absolute atomic E-state index is 13.5. The minimum atomic E-state index is -0.668. The molecule has 2 aliphatic heterocycles. The first-order valence-corrected chi connectivity index (χ1v) is 13.3. The number of benzene rings is 2. The molecule has 0 spiro atoms. The maximum Gasteiger partial charge on any atom is 0.508 e. The van der Waals surface area contributed by atoms with Gasteiger partial charge in [0.15, 0.2) is 0 Å². The molecule has 0 N–H and O–H groups in total. The minimum absolute atomic E-state index is 0.0347. The van der Waals surface area contributed by atoms with Crippen molar-refractivity contribution in [3.63, 3.8) is 0 Å². The second-order valence-corrected chi connectivity index (χ2v) is 10.1. The Kier molecular flexibility index (Phi) is 9.32. The van der Waals surface area contributed by atoms with Gasteiger partial charge in [0.1, 0.15) is 23.8 Å². The van der Waals surface area contributed by atoms with Gasteiger partial charge >= 0.3 is 6.16 Å². The third-order valence-corrected chi connectivity index (χ3v) is 7.43. The Morgan fingerprint density at radius 2 is 1.11 bits per heavy atom. The molecule has 196 valence electrons. The highest BCUT2D eigenvalue weighted by molar-refractivity contribution is 5.61. The Morgan fingerprint density at radius 1 is 0.722 bits per heavy atom. The highest BCUT2D eigenvalue weighted by Gasteiger charge is 2.40. The molecule has 0 saturated carbocycles. The summed E-state index contributed by atoms with van der Waals surface area (Å²) in [6.07, 6.45) is 2.94. The molecule has 0 amide bonds. The number of carbonyl (C=O) groups is 1. The third-order valence-electron chi connectivity index (χ3n) is 7.43. The summed E-state index contributed by atoms with van der Waals surface area (Å²) in [6, 6.07) is 12.9. The fraction of sp³-hybridized carbons (Fsp3) is 0.552. The number of carbonyl (C=O) groups excluding carboxylic acids is 1. The van der Waals surface area contributed by atoms with E-state index in [-0.39, 0.29) is 35.7 Å². The van der Waals surface area contributed by atoms with E-state index in [0.717, 1.165) is 63.0 Å². The van der Waals surface area contributed by atoms with Crippen molar-refractivity contribution >= 4 is 6.16 Å². The van der Waals surface area contributed by atoms with Crippen molar-refractivity contribution in [2.24, 2.45) is 0 Å². The predicted molar refractivity (Wildman–Crippen MR) is 136 cm³/mol. The van der Waals surface area contributed by atoms with Crippen LogP contribution < -0.4 is 0 Å². The summed E-state index contributed by atoms with van der Waals surface area (Å²) in [5.74, 6) is -0.630. The van der Waals surface area contributed by atoms with Crippen LogP contribution in [0.4, 0.5) is 13.6 Å². The van der Waals surface area contributed by atoms with Gasteiger partial charge in [0.2, 0.25) is 0 Å². The number of likely N-dealkylation sites (tertiary alicyclic amines) is 2. The highest BCUT2D eigenvalue weighted by Crippen LogP contribution is 2.33. The van der Waals surface area contributed by atoms with Gasteiger partial charge in [-0.2, -0.15) is 0 Å². The molecule has 0 aliphatic carbocycles. The Labute approximate surface area is 213 Å². The molecule has 36 heavy (non-hydrogen) atoms. The lowest BCUT2D eigenvalue weighted by Gasteiger charge is -2.23. The summed E-state index contributed by atoms with van der Waals surface area (Å²) in [4.78, 5) is 17.7. The number of ether oxygens (including phenoxy) is 2. The lowest BCUT2D eigenvalue weighted by molar-refractivity contribution is -0.00359. The monoisotopic (exact) mass is 500 g/mol. The molecule has 4 atom stereocenters. The molecule has 2 aromatic carbocycles. The normalized spacial score (nSPS) is 24.8. The first-order valence-electron chi connectivity index (χ1n) is 13.3. The van der Waals surface area contributed by atoms with Crippen LogP contribution in [0.5, 0.6) is 0 Å². The van der Waals surface area contributed by atoms with Gasteiger partial charge in [-0.3, -0.25) is 9.80 Å². The topological polar surface area (TPSA) is 42.0 Å². The average Bonchev–Trinajstić information content (AvgIpc) is 3.46. The number of halogens is 2. The first-order chi connectivity index (χ1) is 17.5. The molecule has 2 aromatic rings. The Balaban J connectivity index is 1.44. The fourth-order valence-electron chi connectivity index (χ4n) is 5.41. The van der Waals surface area contributed by atoms with Gasteiger partial charge in [0.05, 0.1) is 0 Å². The van der Waals surface area contributed by atoms with Crippen molar-refractivity contribution in [1.82, 2.24) is 9.80 Å². The molecule has 4 unspecified atom stereocenters. The van der Waals surface area contributed by atoms with E-state index in [4.69, 9.17) is 9.47 Å². The van der Waals surface area contributed by atoms with E-state index in [1.165, 1.54) is 24.3 Å².